The highest BCUT2D eigenvalue weighted by molar-refractivity contribution is 7.13. The lowest BCUT2D eigenvalue weighted by Crippen LogP contribution is -2.25. The van der Waals surface area contributed by atoms with E-state index in [2.05, 4.69) is 15.3 Å². The monoisotopic (exact) mass is 305 g/mol. The van der Waals surface area contributed by atoms with Gasteiger partial charge in [-0.3, -0.25) is 9.78 Å². The van der Waals surface area contributed by atoms with E-state index in [0.29, 0.717) is 18.8 Å². The summed E-state index contributed by atoms with van der Waals surface area (Å²) in [5, 5.41) is 5.45. The third kappa shape index (κ3) is 4.91. The summed E-state index contributed by atoms with van der Waals surface area (Å²) in [4.78, 5) is 20.3. The first-order valence-electron chi connectivity index (χ1n) is 6.92. The van der Waals surface area contributed by atoms with Crippen molar-refractivity contribution in [3.8, 4) is 10.6 Å². The van der Waals surface area contributed by atoms with Crippen molar-refractivity contribution >= 4 is 17.2 Å². The van der Waals surface area contributed by atoms with E-state index in [0.717, 1.165) is 17.0 Å². The number of rotatable bonds is 7. The fraction of sp³-hybridized carbons (Fsp3) is 0.400. The van der Waals surface area contributed by atoms with Crippen LogP contribution in [0.5, 0.6) is 0 Å². The number of carbonyl (C=O) groups excluding carboxylic acids is 1. The molecule has 0 spiro atoms. The second kappa shape index (κ2) is 7.85. The van der Waals surface area contributed by atoms with Crippen LogP contribution >= 0.6 is 11.3 Å². The Kier molecular flexibility index (Phi) is 5.83. The van der Waals surface area contributed by atoms with E-state index in [1.807, 2.05) is 26.0 Å². The van der Waals surface area contributed by atoms with E-state index >= 15 is 0 Å². The Labute approximate surface area is 128 Å². The molecular weight excluding hydrogens is 286 g/mol. The van der Waals surface area contributed by atoms with Gasteiger partial charge in [-0.05, 0) is 32.4 Å². The minimum atomic E-state index is -0.142. The van der Waals surface area contributed by atoms with Gasteiger partial charge in [-0.2, -0.15) is 0 Å². The van der Waals surface area contributed by atoms with Gasteiger partial charge < -0.3 is 10.1 Å². The van der Waals surface area contributed by atoms with Gasteiger partial charge in [0.1, 0.15) is 10.7 Å². The zero-order valence-electron chi connectivity index (χ0n) is 12.2. The van der Waals surface area contributed by atoms with Gasteiger partial charge in [-0.15, -0.1) is 11.3 Å². The van der Waals surface area contributed by atoms with Crippen molar-refractivity contribution in [1.82, 2.24) is 15.3 Å². The summed E-state index contributed by atoms with van der Waals surface area (Å²) < 4.78 is 5.42. The van der Waals surface area contributed by atoms with Crippen LogP contribution in [0.3, 0.4) is 0 Å². The Balaban J connectivity index is 1.82. The number of hydrogen-bond donors (Lipinski definition) is 1. The summed E-state index contributed by atoms with van der Waals surface area (Å²) in [6.07, 6.45) is 4.45. The minimum absolute atomic E-state index is 0.142. The molecule has 0 aliphatic rings. The van der Waals surface area contributed by atoms with Gasteiger partial charge in [0.15, 0.2) is 0 Å². The van der Waals surface area contributed by atoms with E-state index < -0.39 is 0 Å². The molecule has 1 amide bonds. The van der Waals surface area contributed by atoms with Gasteiger partial charge in [0, 0.05) is 36.5 Å². The number of nitrogens with one attached hydrogen (secondary N) is 1. The van der Waals surface area contributed by atoms with Crippen LogP contribution < -0.4 is 5.32 Å². The highest BCUT2D eigenvalue weighted by Gasteiger charge is 2.11. The summed E-state index contributed by atoms with van der Waals surface area (Å²) in [6.45, 7) is 5.23. The molecule has 112 valence electrons. The first-order chi connectivity index (χ1) is 10.2. The number of hydrogen-bond acceptors (Lipinski definition) is 5. The number of nitrogens with zero attached hydrogens (tertiary/aromatic N) is 2. The molecule has 6 heteroatoms. The fourth-order valence-corrected chi connectivity index (χ4v) is 2.50. The predicted molar refractivity (Wildman–Crippen MR) is 83.4 cm³/mol. The van der Waals surface area contributed by atoms with E-state index in [4.69, 9.17) is 4.74 Å². The predicted octanol–water partition coefficient (Wildman–Crippen LogP) is 2.75. The molecule has 0 unspecified atom stereocenters. The van der Waals surface area contributed by atoms with Gasteiger partial charge >= 0.3 is 0 Å². The van der Waals surface area contributed by atoms with Gasteiger partial charge in [-0.25, -0.2) is 4.98 Å². The standard InChI is InChI=1S/C15H19N3O2S/c1-11(2)20-9-3-6-17-14(19)13-10-21-15(18-13)12-4-7-16-8-5-12/h4-5,7-8,10-11H,3,6,9H2,1-2H3,(H,17,19). The number of amides is 1. The van der Waals surface area contributed by atoms with E-state index in [9.17, 15) is 4.79 Å². The maximum atomic E-state index is 12.0. The smallest absolute Gasteiger partial charge is 0.270 e. The molecular formula is C15H19N3O2S. The lowest BCUT2D eigenvalue weighted by atomic mass is 10.3. The maximum Gasteiger partial charge on any atom is 0.270 e. The normalized spacial score (nSPS) is 10.8. The van der Waals surface area contributed by atoms with Crippen LogP contribution in [0.1, 0.15) is 30.8 Å². The first-order valence-corrected chi connectivity index (χ1v) is 7.80. The SMILES string of the molecule is CC(C)OCCCNC(=O)c1csc(-c2ccncc2)n1. The number of aromatic nitrogens is 2. The number of ether oxygens (including phenoxy) is 1. The molecule has 0 radical (unpaired) electrons. The van der Waals surface area contributed by atoms with Crippen molar-refractivity contribution < 1.29 is 9.53 Å². The summed E-state index contributed by atoms with van der Waals surface area (Å²) in [7, 11) is 0. The summed E-state index contributed by atoms with van der Waals surface area (Å²) in [5.74, 6) is -0.142. The number of thiazole rings is 1. The largest absolute Gasteiger partial charge is 0.379 e. The van der Waals surface area contributed by atoms with Crippen molar-refractivity contribution in [3.05, 3.63) is 35.6 Å². The van der Waals surface area contributed by atoms with Crippen LogP contribution in [-0.2, 0) is 4.74 Å². The van der Waals surface area contributed by atoms with Gasteiger partial charge in [0.05, 0.1) is 6.10 Å². The Bertz CT molecular complexity index is 569. The lowest BCUT2D eigenvalue weighted by Gasteiger charge is -2.07. The van der Waals surface area contributed by atoms with Crippen LogP contribution in [-0.4, -0.2) is 35.1 Å². The molecule has 2 heterocycles. The topological polar surface area (TPSA) is 64.1 Å². The third-order valence-electron chi connectivity index (χ3n) is 2.72. The highest BCUT2D eigenvalue weighted by atomic mass is 32.1. The third-order valence-corrected chi connectivity index (χ3v) is 3.61. The molecule has 0 aliphatic heterocycles. The molecule has 1 N–H and O–H groups in total. The Morgan fingerprint density at radius 2 is 2.14 bits per heavy atom. The molecule has 2 aromatic heterocycles. The van der Waals surface area contributed by atoms with Crippen LogP contribution in [0, 0.1) is 0 Å². The van der Waals surface area contributed by atoms with Crippen LogP contribution in [0.4, 0.5) is 0 Å². The second-order valence-corrected chi connectivity index (χ2v) is 5.66. The zero-order valence-corrected chi connectivity index (χ0v) is 13.0. The second-order valence-electron chi connectivity index (χ2n) is 4.80. The average Bonchev–Trinajstić information content (AvgIpc) is 2.97. The molecule has 0 bridgehead atoms. The highest BCUT2D eigenvalue weighted by Crippen LogP contribution is 2.22. The first kappa shape index (κ1) is 15.6. The molecule has 0 aromatic carbocycles. The molecule has 0 saturated carbocycles. The quantitative estimate of drug-likeness (QED) is 0.799. The van der Waals surface area contributed by atoms with E-state index in [-0.39, 0.29) is 12.0 Å². The van der Waals surface area contributed by atoms with Crippen molar-refractivity contribution in [1.29, 1.82) is 0 Å². The average molecular weight is 305 g/mol. The van der Waals surface area contributed by atoms with Crippen molar-refractivity contribution in [2.75, 3.05) is 13.2 Å². The Morgan fingerprint density at radius 3 is 2.86 bits per heavy atom. The summed E-state index contributed by atoms with van der Waals surface area (Å²) >= 11 is 1.45. The Hall–Kier alpha value is -1.79. The zero-order chi connectivity index (χ0) is 15.1. The van der Waals surface area contributed by atoms with Crippen LogP contribution in [0.15, 0.2) is 29.9 Å². The van der Waals surface area contributed by atoms with Crippen molar-refractivity contribution in [2.45, 2.75) is 26.4 Å². The summed E-state index contributed by atoms with van der Waals surface area (Å²) in [6, 6.07) is 3.76. The van der Waals surface area contributed by atoms with Gasteiger partial charge in [0.2, 0.25) is 0 Å². The Morgan fingerprint density at radius 1 is 1.38 bits per heavy atom. The molecule has 0 atom stereocenters. The number of pyridine rings is 1. The molecule has 21 heavy (non-hydrogen) atoms. The summed E-state index contributed by atoms with van der Waals surface area (Å²) in [5.41, 5.74) is 1.43. The molecule has 0 aliphatic carbocycles. The molecule has 0 fully saturated rings. The van der Waals surface area contributed by atoms with E-state index in [1.54, 1.807) is 17.8 Å². The van der Waals surface area contributed by atoms with E-state index in [1.165, 1.54) is 11.3 Å². The molecule has 2 aromatic rings. The van der Waals surface area contributed by atoms with Gasteiger partial charge in [0.25, 0.3) is 5.91 Å². The molecule has 2 rings (SSSR count). The maximum absolute atomic E-state index is 12.0. The number of carbonyl (C=O) groups is 1. The van der Waals surface area contributed by atoms with Crippen LogP contribution in [0.2, 0.25) is 0 Å². The van der Waals surface area contributed by atoms with Crippen LogP contribution in [0.25, 0.3) is 10.6 Å². The van der Waals surface area contributed by atoms with Crippen molar-refractivity contribution in [2.24, 2.45) is 0 Å². The molecule has 5 nitrogen and oxygen atoms in total. The molecule has 0 saturated heterocycles. The lowest BCUT2D eigenvalue weighted by molar-refractivity contribution is 0.0756. The van der Waals surface area contributed by atoms with Crippen molar-refractivity contribution in [3.63, 3.8) is 0 Å². The fourth-order valence-electron chi connectivity index (χ4n) is 1.69. The minimum Gasteiger partial charge on any atom is -0.379 e. The van der Waals surface area contributed by atoms with Gasteiger partial charge in [-0.1, -0.05) is 0 Å².